The number of anilines is 1. The Bertz CT molecular complexity index is 903. The first-order valence-corrected chi connectivity index (χ1v) is 8.98. The summed E-state index contributed by atoms with van der Waals surface area (Å²) in [5, 5.41) is 4.44. The number of benzene rings is 2. The summed E-state index contributed by atoms with van der Waals surface area (Å²) in [6.07, 6.45) is 1.86. The van der Waals surface area contributed by atoms with E-state index in [1.54, 1.807) is 21.3 Å². The minimum Gasteiger partial charge on any atom is -0.493 e. The highest BCUT2D eigenvalue weighted by Gasteiger charge is 2.14. The zero-order chi connectivity index (χ0) is 19.2. The van der Waals surface area contributed by atoms with Crippen LogP contribution in [0.1, 0.15) is 24.7 Å². The van der Waals surface area contributed by atoms with E-state index in [0.717, 1.165) is 41.0 Å². The van der Waals surface area contributed by atoms with Crippen LogP contribution in [-0.2, 0) is 13.0 Å². The average Bonchev–Trinajstić information content (AvgIpc) is 2.71. The molecule has 0 atom stereocenters. The highest BCUT2D eigenvalue weighted by Crippen LogP contribution is 2.38. The number of fused-ring (bicyclic) bond motifs is 1. The van der Waals surface area contributed by atoms with Gasteiger partial charge in [0.1, 0.15) is 11.6 Å². The number of methoxy groups -OCH3 is 3. The summed E-state index contributed by atoms with van der Waals surface area (Å²) in [6.45, 7) is 2.70. The molecular formula is C21H25N3O3. The van der Waals surface area contributed by atoms with Crippen molar-refractivity contribution in [1.82, 2.24) is 9.97 Å². The number of para-hydroxylation sites is 1. The van der Waals surface area contributed by atoms with Gasteiger partial charge in [0, 0.05) is 18.4 Å². The van der Waals surface area contributed by atoms with Crippen LogP contribution in [0.5, 0.6) is 17.2 Å². The molecule has 27 heavy (non-hydrogen) atoms. The molecule has 0 saturated carbocycles. The normalized spacial score (nSPS) is 10.7. The van der Waals surface area contributed by atoms with Crippen LogP contribution in [0.3, 0.4) is 0 Å². The van der Waals surface area contributed by atoms with Gasteiger partial charge in [-0.1, -0.05) is 19.1 Å². The van der Waals surface area contributed by atoms with Crippen molar-refractivity contribution >= 4 is 16.7 Å². The third-order valence-corrected chi connectivity index (χ3v) is 4.31. The molecule has 142 valence electrons. The smallest absolute Gasteiger partial charge is 0.203 e. The van der Waals surface area contributed by atoms with Gasteiger partial charge in [0.15, 0.2) is 11.5 Å². The van der Waals surface area contributed by atoms with Crippen molar-refractivity contribution in [1.29, 1.82) is 0 Å². The maximum absolute atomic E-state index is 5.43. The van der Waals surface area contributed by atoms with Crippen LogP contribution in [0.2, 0.25) is 0 Å². The van der Waals surface area contributed by atoms with Gasteiger partial charge >= 0.3 is 0 Å². The van der Waals surface area contributed by atoms with Gasteiger partial charge in [0.2, 0.25) is 5.75 Å². The van der Waals surface area contributed by atoms with Crippen molar-refractivity contribution in [3.05, 3.63) is 47.8 Å². The first kappa shape index (κ1) is 18.8. The Labute approximate surface area is 159 Å². The minimum absolute atomic E-state index is 0.573. The van der Waals surface area contributed by atoms with Crippen LogP contribution in [-0.4, -0.2) is 31.3 Å². The van der Waals surface area contributed by atoms with E-state index in [2.05, 4.69) is 17.2 Å². The van der Waals surface area contributed by atoms with Crippen LogP contribution in [0.25, 0.3) is 10.9 Å². The van der Waals surface area contributed by atoms with E-state index in [1.807, 2.05) is 36.4 Å². The number of hydrogen-bond acceptors (Lipinski definition) is 6. The quantitative estimate of drug-likeness (QED) is 0.643. The standard InChI is InChI=1S/C21H25N3O3/c1-5-8-19-23-16-10-7-6-9-15(16)21(24-19)22-13-14-11-17(25-2)20(27-4)18(12-14)26-3/h6-7,9-12H,5,8,13H2,1-4H3,(H,22,23,24). The Hall–Kier alpha value is -3.02. The van der Waals surface area contributed by atoms with Gasteiger partial charge in [-0.05, 0) is 36.2 Å². The number of rotatable bonds is 8. The maximum atomic E-state index is 5.43. The third-order valence-electron chi connectivity index (χ3n) is 4.31. The maximum Gasteiger partial charge on any atom is 0.203 e. The lowest BCUT2D eigenvalue weighted by atomic mass is 10.1. The van der Waals surface area contributed by atoms with Gasteiger partial charge in [0.05, 0.1) is 26.8 Å². The number of aromatic nitrogens is 2. The van der Waals surface area contributed by atoms with Crippen LogP contribution in [0, 0.1) is 0 Å². The fraction of sp³-hybridized carbons (Fsp3) is 0.333. The van der Waals surface area contributed by atoms with Gasteiger partial charge in [-0.25, -0.2) is 9.97 Å². The predicted molar refractivity (Wildman–Crippen MR) is 107 cm³/mol. The van der Waals surface area contributed by atoms with Gasteiger partial charge in [-0.2, -0.15) is 0 Å². The van der Waals surface area contributed by atoms with Crippen LogP contribution >= 0.6 is 0 Å². The van der Waals surface area contributed by atoms with Gasteiger partial charge < -0.3 is 19.5 Å². The molecule has 0 amide bonds. The minimum atomic E-state index is 0.573. The fourth-order valence-corrected chi connectivity index (χ4v) is 3.02. The van der Waals surface area contributed by atoms with E-state index >= 15 is 0 Å². The number of hydrogen-bond donors (Lipinski definition) is 1. The predicted octanol–water partition coefficient (Wildman–Crippen LogP) is 4.22. The number of aryl methyl sites for hydroxylation is 1. The average molecular weight is 367 g/mol. The fourth-order valence-electron chi connectivity index (χ4n) is 3.02. The third kappa shape index (κ3) is 4.05. The van der Waals surface area contributed by atoms with Crippen molar-refractivity contribution in [2.75, 3.05) is 26.6 Å². The van der Waals surface area contributed by atoms with Crippen molar-refractivity contribution in [2.45, 2.75) is 26.3 Å². The molecule has 0 aliphatic carbocycles. The molecule has 2 aromatic carbocycles. The van der Waals surface area contributed by atoms with Crippen LogP contribution < -0.4 is 19.5 Å². The highest BCUT2D eigenvalue weighted by molar-refractivity contribution is 5.89. The molecule has 3 rings (SSSR count). The zero-order valence-corrected chi connectivity index (χ0v) is 16.2. The lowest BCUT2D eigenvalue weighted by Gasteiger charge is -2.15. The lowest BCUT2D eigenvalue weighted by Crippen LogP contribution is -2.06. The molecule has 0 aliphatic rings. The molecule has 1 aromatic heterocycles. The largest absolute Gasteiger partial charge is 0.493 e. The summed E-state index contributed by atoms with van der Waals surface area (Å²) in [7, 11) is 4.83. The van der Waals surface area contributed by atoms with Crippen LogP contribution in [0.15, 0.2) is 36.4 Å². The molecule has 0 spiro atoms. The first-order chi connectivity index (χ1) is 13.2. The van der Waals surface area contributed by atoms with E-state index in [4.69, 9.17) is 19.2 Å². The van der Waals surface area contributed by atoms with E-state index in [0.29, 0.717) is 23.8 Å². The van der Waals surface area contributed by atoms with Crippen molar-refractivity contribution in [2.24, 2.45) is 0 Å². The summed E-state index contributed by atoms with van der Waals surface area (Å²) in [5.41, 5.74) is 1.95. The van der Waals surface area contributed by atoms with Crippen molar-refractivity contribution in [3.8, 4) is 17.2 Å². The van der Waals surface area contributed by atoms with E-state index < -0.39 is 0 Å². The highest BCUT2D eigenvalue weighted by atomic mass is 16.5. The van der Waals surface area contributed by atoms with Gasteiger partial charge in [-0.15, -0.1) is 0 Å². The summed E-state index contributed by atoms with van der Waals surface area (Å²) in [4.78, 5) is 9.37. The van der Waals surface area contributed by atoms with E-state index in [-0.39, 0.29) is 0 Å². The summed E-state index contributed by atoms with van der Waals surface area (Å²) in [5.74, 6) is 3.53. The Morgan fingerprint density at radius 2 is 1.63 bits per heavy atom. The topological polar surface area (TPSA) is 65.5 Å². The summed E-state index contributed by atoms with van der Waals surface area (Å²) in [6, 6.07) is 11.9. The second kappa shape index (κ2) is 8.58. The molecule has 6 nitrogen and oxygen atoms in total. The molecule has 3 aromatic rings. The van der Waals surface area contributed by atoms with Crippen molar-refractivity contribution in [3.63, 3.8) is 0 Å². The Morgan fingerprint density at radius 3 is 2.26 bits per heavy atom. The molecule has 0 unspecified atom stereocenters. The molecule has 0 fully saturated rings. The SMILES string of the molecule is CCCc1nc(NCc2cc(OC)c(OC)c(OC)c2)c2ccccc2n1. The van der Waals surface area contributed by atoms with E-state index in [1.165, 1.54) is 0 Å². The summed E-state index contributed by atoms with van der Waals surface area (Å²) >= 11 is 0. The van der Waals surface area contributed by atoms with Crippen LogP contribution in [0.4, 0.5) is 5.82 Å². The number of ether oxygens (including phenoxy) is 3. The number of nitrogens with one attached hydrogen (secondary N) is 1. The number of nitrogens with zero attached hydrogens (tertiary/aromatic N) is 2. The molecule has 6 heteroatoms. The van der Waals surface area contributed by atoms with Crippen molar-refractivity contribution < 1.29 is 14.2 Å². The van der Waals surface area contributed by atoms with Gasteiger partial charge in [0.25, 0.3) is 0 Å². The molecule has 0 aliphatic heterocycles. The molecule has 0 bridgehead atoms. The Balaban J connectivity index is 1.92. The molecular weight excluding hydrogens is 342 g/mol. The first-order valence-electron chi connectivity index (χ1n) is 8.98. The van der Waals surface area contributed by atoms with Gasteiger partial charge in [-0.3, -0.25) is 0 Å². The monoisotopic (exact) mass is 367 g/mol. The van der Waals surface area contributed by atoms with E-state index in [9.17, 15) is 0 Å². The molecule has 1 N–H and O–H groups in total. The second-order valence-corrected chi connectivity index (χ2v) is 6.14. The molecule has 1 heterocycles. The second-order valence-electron chi connectivity index (χ2n) is 6.14. The Kier molecular flexibility index (Phi) is 5.96. The molecule has 0 radical (unpaired) electrons. The Morgan fingerprint density at radius 1 is 0.926 bits per heavy atom. The summed E-state index contributed by atoms with van der Waals surface area (Å²) < 4.78 is 16.3. The molecule has 0 saturated heterocycles. The lowest BCUT2D eigenvalue weighted by molar-refractivity contribution is 0.324. The zero-order valence-electron chi connectivity index (χ0n) is 16.2.